The molecule has 0 N–H and O–H groups in total. The maximum Gasteiger partial charge on any atom is 0.205 e. The number of furan rings is 1. The fraction of sp³-hybridized carbons (Fsp3) is 0.100. The number of benzene rings is 2. The molecule has 27 heavy (non-hydrogen) atoms. The van der Waals surface area contributed by atoms with Crippen molar-refractivity contribution in [3.8, 4) is 17.3 Å². The van der Waals surface area contributed by atoms with Gasteiger partial charge in [-0.15, -0.1) is 10.2 Å². The first-order valence-corrected chi connectivity index (χ1v) is 9.99. The van der Waals surface area contributed by atoms with Crippen molar-refractivity contribution in [2.45, 2.75) is 17.8 Å². The summed E-state index contributed by atoms with van der Waals surface area (Å²) in [5, 5.41) is 10.4. The quantitative estimate of drug-likeness (QED) is 0.352. The van der Waals surface area contributed by atoms with Crippen LogP contribution in [0.25, 0.3) is 17.3 Å². The van der Waals surface area contributed by atoms with Gasteiger partial charge in [0.15, 0.2) is 10.9 Å². The minimum absolute atomic E-state index is 0.475. The van der Waals surface area contributed by atoms with Crippen LogP contribution in [0.1, 0.15) is 11.1 Å². The van der Waals surface area contributed by atoms with Gasteiger partial charge in [-0.25, -0.2) is 0 Å². The minimum Gasteiger partial charge on any atom is -0.461 e. The van der Waals surface area contributed by atoms with Crippen LogP contribution in [0.5, 0.6) is 0 Å². The lowest BCUT2D eigenvalue weighted by Gasteiger charge is -2.10. The molecule has 0 atom stereocenters. The number of thioether (sulfide) groups is 1. The topological polar surface area (TPSA) is 43.9 Å². The maximum absolute atomic E-state index is 6.23. The fourth-order valence-electron chi connectivity index (χ4n) is 2.62. The Morgan fingerprint density at radius 3 is 2.52 bits per heavy atom. The molecule has 4 nitrogen and oxygen atoms in total. The Morgan fingerprint density at radius 2 is 1.81 bits per heavy atom. The van der Waals surface area contributed by atoms with Crippen LogP contribution in [0.2, 0.25) is 10.0 Å². The van der Waals surface area contributed by atoms with E-state index >= 15 is 0 Å². The van der Waals surface area contributed by atoms with E-state index in [1.807, 2.05) is 22.8 Å². The summed E-state index contributed by atoms with van der Waals surface area (Å²) >= 11 is 13.9. The molecule has 136 valence electrons. The molecule has 2 aromatic carbocycles. The van der Waals surface area contributed by atoms with Gasteiger partial charge in [-0.05, 0) is 42.8 Å². The molecule has 2 aromatic heterocycles. The van der Waals surface area contributed by atoms with Crippen molar-refractivity contribution in [2.24, 2.45) is 0 Å². The fourth-order valence-corrected chi connectivity index (χ4v) is 3.82. The molecule has 0 amide bonds. The average molecular weight is 416 g/mol. The predicted molar refractivity (Wildman–Crippen MR) is 110 cm³/mol. The van der Waals surface area contributed by atoms with Gasteiger partial charge in [0.2, 0.25) is 5.82 Å². The van der Waals surface area contributed by atoms with E-state index in [4.69, 9.17) is 27.6 Å². The number of rotatable bonds is 5. The second-order valence-electron chi connectivity index (χ2n) is 5.99. The van der Waals surface area contributed by atoms with Crippen LogP contribution in [0.15, 0.2) is 70.4 Å². The smallest absolute Gasteiger partial charge is 0.205 e. The van der Waals surface area contributed by atoms with E-state index in [-0.39, 0.29) is 0 Å². The van der Waals surface area contributed by atoms with E-state index in [1.54, 1.807) is 30.2 Å². The van der Waals surface area contributed by atoms with Crippen LogP contribution in [-0.2, 0) is 5.75 Å². The van der Waals surface area contributed by atoms with Crippen LogP contribution >= 0.6 is 35.0 Å². The zero-order chi connectivity index (χ0) is 18.8. The van der Waals surface area contributed by atoms with Gasteiger partial charge in [-0.3, -0.25) is 4.57 Å². The summed E-state index contributed by atoms with van der Waals surface area (Å²) in [7, 11) is 0. The summed E-state index contributed by atoms with van der Waals surface area (Å²) in [5.41, 5.74) is 3.28. The van der Waals surface area contributed by atoms with Gasteiger partial charge in [0, 0.05) is 5.75 Å². The molecular weight excluding hydrogens is 401 g/mol. The van der Waals surface area contributed by atoms with E-state index in [0.29, 0.717) is 21.6 Å². The third-order valence-corrected chi connectivity index (χ3v) is 5.76. The van der Waals surface area contributed by atoms with Crippen molar-refractivity contribution in [1.82, 2.24) is 14.8 Å². The molecule has 7 heteroatoms. The Bertz CT molecular complexity index is 1060. The second kappa shape index (κ2) is 7.80. The highest BCUT2D eigenvalue weighted by Crippen LogP contribution is 2.32. The lowest BCUT2D eigenvalue weighted by Crippen LogP contribution is -1.99. The summed E-state index contributed by atoms with van der Waals surface area (Å²) in [4.78, 5) is 0. The first-order chi connectivity index (χ1) is 13.1. The van der Waals surface area contributed by atoms with Crippen LogP contribution in [0.4, 0.5) is 0 Å². The van der Waals surface area contributed by atoms with Gasteiger partial charge in [0.1, 0.15) is 0 Å². The molecule has 4 aromatic rings. The predicted octanol–water partition coefficient (Wildman–Crippen LogP) is 6.43. The third kappa shape index (κ3) is 3.90. The van der Waals surface area contributed by atoms with Gasteiger partial charge in [0.25, 0.3) is 0 Å². The van der Waals surface area contributed by atoms with Crippen molar-refractivity contribution < 1.29 is 4.42 Å². The second-order valence-corrected chi connectivity index (χ2v) is 7.75. The Kier molecular flexibility index (Phi) is 5.25. The zero-order valence-electron chi connectivity index (χ0n) is 14.4. The number of halogens is 2. The third-order valence-electron chi connectivity index (χ3n) is 4.02. The normalized spacial score (nSPS) is 11.1. The Labute approximate surface area is 171 Å². The van der Waals surface area contributed by atoms with Crippen molar-refractivity contribution in [3.63, 3.8) is 0 Å². The monoisotopic (exact) mass is 415 g/mol. The largest absolute Gasteiger partial charge is 0.461 e. The highest BCUT2D eigenvalue weighted by Gasteiger charge is 2.18. The van der Waals surface area contributed by atoms with E-state index in [9.17, 15) is 0 Å². The number of hydrogen-bond donors (Lipinski definition) is 0. The molecule has 2 heterocycles. The maximum atomic E-state index is 6.23. The van der Waals surface area contributed by atoms with E-state index < -0.39 is 0 Å². The standard InChI is InChI=1S/C20H15Cl2N3OS/c1-13-4-6-14(7-5-13)12-27-20-24-23-19(18-3-2-10-26-18)25(20)15-8-9-16(21)17(22)11-15/h2-11H,12H2,1H3. The molecule has 0 fully saturated rings. The SMILES string of the molecule is Cc1ccc(CSc2nnc(-c3ccco3)n2-c2ccc(Cl)c(Cl)c2)cc1. The van der Waals surface area contributed by atoms with Crippen molar-refractivity contribution >= 4 is 35.0 Å². The Balaban J connectivity index is 1.72. The molecule has 0 radical (unpaired) electrons. The van der Waals surface area contributed by atoms with Gasteiger partial charge < -0.3 is 4.42 Å². The molecule has 0 aliphatic heterocycles. The molecule has 0 bridgehead atoms. The van der Waals surface area contributed by atoms with E-state index in [0.717, 1.165) is 16.6 Å². The summed E-state index contributed by atoms with van der Waals surface area (Å²) in [5.74, 6) is 2.03. The number of nitrogens with zero attached hydrogens (tertiary/aromatic N) is 3. The molecule has 0 saturated carbocycles. The number of aromatic nitrogens is 3. The summed E-state index contributed by atoms with van der Waals surface area (Å²) < 4.78 is 7.46. The van der Waals surface area contributed by atoms with E-state index in [2.05, 4.69) is 41.4 Å². The molecule has 0 saturated heterocycles. The zero-order valence-corrected chi connectivity index (χ0v) is 16.7. The van der Waals surface area contributed by atoms with Crippen LogP contribution < -0.4 is 0 Å². The van der Waals surface area contributed by atoms with Gasteiger partial charge in [-0.1, -0.05) is 64.8 Å². The van der Waals surface area contributed by atoms with Gasteiger partial charge in [0.05, 0.1) is 22.0 Å². The highest BCUT2D eigenvalue weighted by atomic mass is 35.5. The molecular formula is C20H15Cl2N3OS. The van der Waals surface area contributed by atoms with Crippen molar-refractivity contribution in [2.75, 3.05) is 0 Å². The van der Waals surface area contributed by atoms with E-state index in [1.165, 1.54) is 11.1 Å². The summed E-state index contributed by atoms with van der Waals surface area (Å²) in [6.45, 7) is 2.08. The molecule has 0 aliphatic rings. The molecule has 0 aliphatic carbocycles. The van der Waals surface area contributed by atoms with Crippen molar-refractivity contribution in [1.29, 1.82) is 0 Å². The van der Waals surface area contributed by atoms with Crippen LogP contribution in [-0.4, -0.2) is 14.8 Å². The van der Waals surface area contributed by atoms with Gasteiger partial charge in [-0.2, -0.15) is 0 Å². The molecule has 4 rings (SSSR count). The minimum atomic E-state index is 0.475. The number of aryl methyl sites for hydroxylation is 1. The Morgan fingerprint density at radius 1 is 1.00 bits per heavy atom. The first-order valence-electron chi connectivity index (χ1n) is 8.25. The lowest BCUT2D eigenvalue weighted by atomic mass is 10.2. The van der Waals surface area contributed by atoms with Crippen LogP contribution in [0.3, 0.4) is 0 Å². The van der Waals surface area contributed by atoms with Gasteiger partial charge >= 0.3 is 0 Å². The number of hydrogen-bond acceptors (Lipinski definition) is 4. The first kappa shape index (κ1) is 18.2. The summed E-state index contributed by atoms with van der Waals surface area (Å²) in [6, 6.07) is 17.6. The molecule has 0 spiro atoms. The highest BCUT2D eigenvalue weighted by molar-refractivity contribution is 7.98. The van der Waals surface area contributed by atoms with Crippen LogP contribution in [0, 0.1) is 6.92 Å². The average Bonchev–Trinajstić information content (AvgIpc) is 3.33. The van der Waals surface area contributed by atoms with Crippen molar-refractivity contribution in [3.05, 3.63) is 82.0 Å². The Hall–Kier alpha value is -2.21. The lowest BCUT2D eigenvalue weighted by molar-refractivity contribution is 0.575. The molecule has 0 unspecified atom stereocenters. The summed E-state index contributed by atoms with van der Waals surface area (Å²) in [6.07, 6.45) is 1.61.